The molecule has 0 aliphatic rings. The van der Waals surface area contributed by atoms with Crippen LogP contribution >= 0.6 is 0 Å². The van der Waals surface area contributed by atoms with E-state index in [0.29, 0.717) is 0 Å². The number of hydrogen-bond donors (Lipinski definition) is 0. The highest BCUT2D eigenvalue weighted by atomic mass is 19.3. The lowest BCUT2D eigenvalue weighted by molar-refractivity contribution is -0.0115. The van der Waals surface area contributed by atoms with E-state index in [1.807, 2.05) is 0 Å². The van der Waals surface area contributed by atoms with Crippen molar-refractivity contribution in [1.82, 2.24) is 0 Å². The van der Waals surface area contributed by atoms with Crippen molar-refractivity contribution in [3.63, 3.8) is 0 Å². The quantitative estimate of drug-likeness (QED) is 0.565. The summed E-state index contributed by atoms with van der Waals surface area (Å²) in [5.74, 6) is 0. The normalized spacial score (nSPS) is 18.0. The van der Waals surface area contributed by atoms with Gasteiger partial charge in [0.1, 0.15) is 6.67 Å². The fourth-order valence-electron chi connectivity index (χ4n) is 0.307. The van der Waals surface area contributed by atoms with Crippen LogP contribution in [0.1, 0.15) is 20.3 Å². The smallest absolute Gasteiger partial charge is 0.246 e. The molecule has 0 bridgehead atoms. The lowest BCUT2D eigenvalue weighted by Gasteiger charge is -2.22. The molecule has 0 aromatic carbocycles. The Hall–Kier alpha value is -0.210. The molecule has 1 unspecified atom stereocenters. The second-order valence-corrected chi connectivity index (χ2v) is 2.44. The Morgan fingerprint density at radius 3 is 1.89 bits per heavy atom. The van der Waals surface area contributed by atoms with Crippen LogP contribution < -0.4 is 0 Å². The molecule has 0 fully saturated rings. The first kappa shape index (κ1) is 8.79. The summed E-state index contributed by atoms with van der Waals surface area (Å²) < 4.78 is 35.5. The predicted octanol–water partition coefficient (Wildman–Crippen LogP) is 2.64. The lowest BCUT2D eigenvalue weighted by atomic mass is 9.90. The molecule has 0 aliphatic heterocycles. The van der Waals surface area contributed by atoms with Crippen LogP contribution in [0.2, 0.25) is 0 Å². The summed E-state index contributed by atoms with van der Waals surface area (Å²) in [6, 6.07) is 0. The van der Waals surface area contributed by atoms with Crippen LogP contribution in [0.25, 0.3) is 0 Å². The van der Waals surface area contributed by atoms with Gasteiger partial charge in [0, 0.05) is 0 Å². The second-order valence-electron chi connectivity index (χ2n) is 2.44. The molecule has 0 amide bonds. The van der Waals surface area contributed by atoms with Crippen LogP contribution in [0.3, 0.4) is 0 Å². The molecule has 0 rings (SSSR count). The minimum absolute atomic E-state index is 0.182. The molecule has 3 heteroatoms. The van der Waals surface area contributed by atoms with E-state index in [1.54, 1.807) is 6.92 Å². The van der Waals surface area contributed by atoms with E-state index in [0.717, 1.165) is 0 Å². The van der Waals surface area contributed by atoms with Crippen molar-refractivity contribution >= 4 is 0 Å². The van der Waals surface area contributed by atoms with Crippen LogP contribution in [0.4, 0.5) is 13.2 Å². The summed E-state index contributed by atoms with van der Waals surface area (Å²) in [7, 11) is 0. The molecule has 0 heterocycles. The molecule has 0 saturated carbocycles. The number of halogens is 3. The Bertz CT molecular complexity index is 76.4. The first-order valence-corrected chi connectivity index (χ1v) is 2.91. The van der Waals surface area contributed by atoms with Gasteiger partial charge in [-0.25, -0.2) is 8.78 Å². The maximum atomic E-state index is 11.8. The van der Waals surface area contributed by atoms with Crippen molar-refractivity contribution in [2.45, 2.75) is 26.7 Å². The molecule has 0 N–H and O–H groups in total. The van der Waals surface area contributed by atoms with Crippen LogP contribution in [-0.4, -0.2) is 13.1 Å². The zero-order valence-electron chi connectivity index (χ0n) is 5.63. The predicted molar refractivity (Wildman–Crippen MR) is 30.4 cm³/mol. The minimum atomic E-state index is -2.55. The minimum Gasteiger partial charge on any atom is -0.250 e. The fourth-order valence-corrected chi connectivity index (χ4v) is 0.307. The Balaban J connectivity index is 3.92. The summed E-state index contributed by atoms with van der Waals surface area (Å²) in [6.45, 7) is 1.87. The third kappa shape index (κ3) is 1.88. The molecule has 0 aromatic rings. The Morgan fingerprint density at radius 1 is 1.44 bits per heavy atom. The van der Waals surface area contributed by atoms with Gasteiger partial charge in [0.25, 0.3) is 0 Å². The van der Waals surface area contributed by atoms with E-state index in [2.05, 4.69) is 0 Å². The first-order chi connectivity index (χ1) is 4.06. The summed E-state index contributed by atoms with van der Waals surface area (Å²) in [5, 5.41) is 0. The largest absolute Gasteiger partial charge is 0.250 e. The number of alkyl halides is 3. The number of hydrogen-bond acceptors (Lipinski definition) is 0. The standard InChI is InChI=1S/C6H11F3/c1-3-6(2,4-7)5(8)9/h5H,3-4H2,1-2H3. The average Bonchev–Trinajstić information content (AvgIpc) is 1.86. The first-order valence-electron chi connectivity index (χ1n) is 2.91. The highest BCUT2D eigenvalue weighted by Crippen LogP contribution is 2.29. The van der Waals surface area contributed by atoms with E-state index in [4.69, 9.17) is 0 Å². The van der Waals surface area contributed by atoms with Gasteiger partial charge in [-0.2, -0.15) is 0 Å². The molecular weight excluding hydrogens is 129 g/mol. The SMILES string of the molecule is CCC(C)(CF)C(F)F. The molecule has 0 aromatic heterocycles. The van der Waals surface area contributed by atoms with Crippen molar-refractivity contribution < 1.29 is 13.2 Å². The number of rotatable bonds is 3. The zero-order chi connectivity index (χ0) is 7.49. The van der Waals surface area contributed by atoms with E-state index in [9.17, 15) is 13.2 Å². The third-order valence-corrected chi connectivity index (χ3v) is 1.64. The molecule has 0 spiro atoms. The van der Waals surface area contributed by atoms with Gasteiger partial charge in [-0.05, 0) is 6.42 Å². The highest BCUT2D eigenvalue weighted by Gasteiger charge is 2.32. The van der Waals surface area contributed by atoms with Crippen molar-refractivity contribution in [3.05, 3.63) is 0 Å². The zero-order valence-corrected chi connectivity index (χ0v) is 5.63. The van der Waals surface area contributed by atoms with E-state index in [-0.39, 0.29) is 6.42 Å². The average molecular weight is 140 g/mol. The molecule has 1 atom stereocenters. The summed E-state index contributed by atoms with van der Waals surface area (Å²) in [4.78, 5) is 0. The third-order valence-electron chi connectivity index (χ3n) is 1.64. The molecule has 0 nitrogen and oxygen atoms in total. The maximum absolute atomic E-state index is 11.8. The van der Waals surface area contributed by atoms with Gasteiger partial charge in [0.2, 0.25) is 6.43 Å². The van der Waals surface area contributed by atoms with Crippen LogP contribution in [-0.2, 0) is 0 Å². The second kappa shape index (κ2) is 3.08. The topological polar surface area (TPSA) is 0 Å². The van der Waals surface area contributed by atoms with Gasteiger partial charge < -0.3 is 0 Å². The molecule has 56 valence electrons. The van der Waals surface area contributed by atoms with Crippen molar-refractivity contribution in [2.75, 3.05) is 6.67 Å². The molecule has 0 aliphatic carbocycles. The van der Waals surface area contributed by atoms with Gasteiger partial charge in [-0.1, -0.05) is 13.8 Å². The molecule has 0 radical (unpaired) electrons. The van der Waals surface area contributed by atoms with Gasteiger partial charge in [0.05, 0.1) is 5.41 Å². The van der Waals surface area contributed by atoms with Crippen LogP contribution in [0.5, 0.6) is 0 Å². The molecule has 9 heavy (non-hydrogen) atoms. The van der Waals surface area contributed by atoms with Gasteiger partial charge in [-0.3, -0.25) is 4.39 Å². The molecule has 0 saturated heterocycles. The molecular formula is C6H11F3. The summed E-state index contributed by atoms with van der Waals surface area (Å²) in [6.07, 6.45) is -2.37. The summed E-state index contributed by atoms with van der Waals surface area (Å²) in [5.41, 5.74) is -1.42. The van der Waals surface area contributed by atoms with E-state index in [1.165, 1.54) is 6.92 Å². The Morgan fingerprint density at radius 2 is 1.89 bits per heavy atom. The van der Waals surface area contributed by atoms with Gasteiger partial charge >= 0.3 is 0 Å². The van der Waals surface area contributed by atoms with Crippen molar-refractivity contribution in [1.29, 1.82) is 0 Å². The van der Waals surface area contributed by atoms with Crippen molar-refractivity contribution in [3.8, 4) is 0 Å². The van der Waals surface area contributed by atoms with Crippen molar-refractivity contribution in [2.24, 2.45) is 5.41 Å². The Labute approximate surface area is 53.1 Å². The lowest BCUT2D eigenvalue weighted by Crippen LogP contribution is -2.27. The van der Waals surface area contributed by atoms with E-state index < -0.39 is 18.5 Å². The van der Waals surface area contributed by atoms with Gasteiger partial charge in [0.15, 0.2) is 0 Å². The van der Waals surface area contributed by atoms with E-state index >= 15 is 0 Å². The van der Waals surface area contributed by atoms with Gasteiger partial charge in [-0.15, -0.1) is 0 Å². The van der Waals surface area contributed by atoms with Crippen LogP contribution in [0.15, 0.2) is 0 Å². The van der Waals surface area contributed by atoms with Crippen LogP contribution in [0, 0.1) is 5.41 Å². The fraction of sp³-hybridized carbons (Fsp3) is 1.00. The highest BCUT2D eigenvalue weighted by molar-refractivity contribution is 4.73. The monoisotopic (exact) mass is 140 g/mol. The maximum Gasteiger partial charge on any atom is 0.246 e. The summed E-state index contributed by atoms with van der Waals surface area (Å²) >= 11 is 0. The Kier molecular flexibility index (Phi) is 3.01.